The van der Waals surface area contributed by atoms with E-state index < -0.39 is 0 Å². The van der Waals surface area contributed by atoms with Crippen molar-refractivity contribution in [3.05, 3.63) is 24.0 Å². The van der Waals surface area contributed by atoms with Crippen molar-refractivity contribution in [3.8, 4) is 0 Å². The van der Waals surface area contributed by atoms with Crippen LogP contribution in [0.4, 0.5) is 0 Å². The molecule has 0 N–H and O–H groups in total. The van der Waals surface area contributed by atoms with Crippen molar-refractivity contribution < 1.29 is 0 Å². The van der Waals surface area contributed by atoms with E-state index in [-0.39, 0.29) is 0 Å². The van der Waals surface area contributed by atoms with Gasteiger partial charge in [-0.1, -0.05) is 0 Å². The predicted octanol–water partition coefficient (Wildman–Crippen LogP) is 1.35. The molecule has 2 rings (SSSR count). The van der Waals surface area contributed by atoms with Gasteiger partial charge in [-0.25, -0.2) is 0 Å². The minimum Gasteiger partial charge on any atom is -0.159 e. The van der Waals surface area contributed by atoms with E-state index >= 15 is 0 Å². The largest absolute Gasteiger partial charge is 0.159 e. The molecule has 0 spiro atoms. The van der Waals surface area contributed by atoms with Gasteiger partial charge in [-0.05, 0) is 30.4 Å². The van der Waals surface area contributed by atoms with Gasteiger partial charge in [-0.15, -0.1) is 0 Å². The summed E-state index contributed by atoms with van der Waals surface area (Å²) in [7, 11) is 0. The first-order valence-corrected chi connectivity index (χ1v) is 3.23. The molecule has 1 aromatic rings. The summed E-state index contributed by atoms with van der Waals surface area (Å²) in [6.07, 6.45) is 6.29. The molecule has 0 unspecified atom stereocenters. The molecule has 2 heteroatoms. The summed E-state index contributed by atoms with van der Waals surface area (Å²) >= 11 is 0. The zero-order chi connectivity index (χ0) is 6.10. The average molecular weight is 120 g/mol. The Morgan fingerprint density at radius 2 is 2.22 bits per heavy atom. The van der Waals surface area contributed by atoms with Gasteiger partial charge >= 0.3 is 0 Å². The second-order valence-electron chi connectivity index (χ2n) is 2.45. The van der Waals surface area contributed by atoms with Gasteiger partial charge in [0.2, 0.25) is 0 Å². The molecule has 1 heterocycles. The highest BCUT2D eigenvalue weighted by Gasteiger charge is 2.23. The molecule has 1 aliphatic rings. The number of hydrogen-bond donors (Lipinski definition) is 0. The van der Waals surface area contributed by atoms with Gasteiger partial charge in [0.1, 0.15) is 0 Å². The van der Waals surface area contributed by atoms with Gasteiger partial charge in [0, 0.05) is 6.20 Å². The summed E-state index contributed by atoms with van der Waals surface area (Å²) in [5.74, 6) is 0.806. The average Bonchev–Trinajstić information content (AvgIpc) is 2.71. The van der Waals surface area contributed by atoms with Gasteiger partial charge in [0.25, 0.3) is 0 Å². The summed E-state index contributed by atoms with van der Waals surface area (Å²) in [5, 5.41) is 7.50. The molecule has 46 valence electrons. The summed E-state index contributed by atoms with van der Waals surface area (Å²) < 4.78 is 0. The molecule has 1 aliphatic carbocycles. The monoisotopic (exact) mass is 120 g/mol. The SMILES string of the molecule is c1cc(C2CC2)cnn1. The van der Waals surface area contributed by atoms with Gasteiger partial charge in [0.15, 0.2) is 0 Å². The fraction of sp³-hybridized carbons (Fsp3) is 0.429. The minimum atomic E-state index is 0.806. The summed E-state index contributed by atoms with van der Waals surface area (Å²) in [6.45, 7) is 0. The van der Waals surface area contributed by atoms with Crippen molar-refractivity contribution in [2.24, 2.45) is 0 Å². The van der Waals surface area contributed by atoms with Crippen LogP contribution in [-0.2, 0) is 0 Å². The first-order valence-electron chi connectivity index (χ1n) is 3.23. The Kier molecular flexibility index (Phi) is 0.979. The Bertz CT molecular complexity index is 191. The fourth-order valence-electron chi connectivity index (χ4n) is 0.959. The molecule has 0 aromatic carbocycles. The Morgan fingerprint density at radius 1 is 1.33 bits per heavy atom. The van der Waals surface area contributed by atoms with Crippen LogP contribution in [0, 0.1) is 0 Å². The van der Waals surface area contributed by atoms with E-state index in [1.54, 1.807) is 6.20 Å². The van der Waals surface area contributed by atoms with Crippen LogP contribution in [0.2, 0.25) is 0 Å². The van der Waals surface area contributed by atoms with Crippen molar-refractivity contribution >= 4 is 0 Å². The molecular weight excluding hydrogens is 112 g/mol. The van der Waals surface area contributed by atoms with E-state index in [0.29, 0.717) is 0 Å². The lowest BCUT2D eigenvalue weighted by molar-refractivity contribution is 0.978. The summed E-state index contributed by atoms with van der Waals surface area (Å²) in [6, 6.07) is 2.05. The smallest absolute Gasteiger partial charge is 0.0531 e. The Balaban J connectivity index is 2.29. The van der Waals surface area contributed by atoms with E-state index in [1.165, 1.54) is 18.4 Å². The third-order valence-corrected chi connectivity index (χ3v) is 1.66. The zero-order valence-electron chi connectivity index (χ0n) is 5.12. The third-order valence-electron chi connectivity index (χ3n) is 1.66. The van der Waals surface area contributed by atoms with Crippen molar-refractivity contribution in [1.29, 1.82) is 0 Å². The van der Waals surface area contributed by atoms with Crippen LogP contribution in [-0.4, -0.2) is 10.2 Å². The minimum absolute atomic E-state index is 0.806. The number of nitrogens with zero attached hydrogens (tertiary/aromatic N) is 2. The summed E-state index contributed by atoms with van der Waals surface area (Å²) in [5.41, 5.74) is 1.35. The predicted molar refractivity (Wildman–Crippen MR) is 34.0 cm³/mol. The highest BCUT2D eigenvalue weighted by atomic mass is 15.1. The van der Waals surface area contributed by atoms with Crippen LogP contribution in [0.15, 0.2) is 18.5 Å². The maximum absolute atomic E-state index is 3.80. The second kappa shape index (κ2) is 1.79. The van der Waals surface area contributed by atoms with Crippen LogP contribution < -0.4 is 0 Å². The second-order valence-corrected chi connectivity index (χ2v) is 2.45. The lowest BCUT2D eigenvalue weighted by atomic mass is 10.2. The first kappa shape index (κ1) is 4.91. The Morgan fingerprint density at radius 3 is 2.78 bits per heavy atom. The van der Waals surface area contributed by atoms with Crippen molar-refractivity contribution in [3.63, 3.8) is 0 Å². The quantitative estimate of drug-likeness (QED) is 0.559. The van der Waals surface area contributed by atoms with E-state index in [4.69, 9.17) is 0 Å². The Hall–Kier alpha value is -0.920. The van der Waals surface area contributed by atoms with E-state index in [0.717, 1.165) is 5.92 Å². The topological polar surface area (TPSA) is 25.8 Å². The highest BCUT2D eigenvalue weighted by Crippen LogP contribution is 2.39. The molecule has 0 radical (unpaired) electrons. The molecule has 0 saturated heterocycles. The van der Waals surface area contributed by atoms with Crippen LogP contribution in [0.1, 0.15) is 24.3 Å². The molecule has 2 nitrogen and oxygen atoms in total. The van der Waals surface area contributed by atoms with Crippen molar-refractivity contribution in [2.45, 2.75) is 18.8 Å². The molecule has 0 amide bonds. The van der Waals surface area contributed by atoms with E-state index in [9.17, 15) is 0 Å². The standard InChI is InChI=1S/C7H8N2/c1-2-6(1)7-3-4-8-9-5-7/h3-6H,1-2H2. The van der Waals surface area contributed by atoms with Gasteiger partial charge in [-0.2, -0.15) is 10.2 Å². The normalized spacial score (nSPS) is 17.8. The zero-order valence-corrected chi connectivity index (χ0v) is 5.12. The van der Waals surface area contributed by atoms with Gasteiger partial charge in [-0.3, -0.25) is 0 Å². The molecular formula is C7H8N2. The fourth-order valence-corrected chi connectivity index (χ4v) is 0.959. The van der Waals surface area contributed by atoms with Crippen LogP contribution in [0.3, 0.4) is 0 Å². The maximum Gasteiger partial charge on any atom is 0.0531 e. The first-order chi connectivity index (χ1) is 4.47. The number of aromatic nitrogens is 2. The van der Waals surface area contributed by atoms with Gasteiger partial charge in [0.05, 0.1) is 6.20 Å². The van der Waals surface area contributed by atoms with E-state index in [1.807, 2.05) is 12.3 Å². The molecule has 0 aliphatic heterocycles. The molecule has 1 aromatic heterocycles. The lowest BCUT2D eigenvalue weighted by Gasteiger charge is -1.90. The third kappa shape index (κ3) is 0.922. The Labute approximate surface area is 53.9 Å². The van der Waals surface area contributed by atoms with Crippen molar-refractivity contribution in [2.75, 3.05) is 0 Å². The molecule has 0 bridgehead atoms. The molecule has 1 saturated carbocycles. The van der Waals surface area contributed by atoms with Crippen LogP contribution in [0.5, 0.6) is 0 Å². The summed E-state index contributed by atoms with van der Waals surface area (Å²) in [4.78, 5) is 0. The highest BCUT2D eigenvalue weighted by molar-refractivity contribution is 5.17. The maximum atomic E-state index is 3.80. The van der Waals surface area contributed by atoms with Crippen molar-refractivity contribution in [1.82, 2.24) is 10.2 Å². The number of rotatable bonds is 1. The lowest BCUT2D eigenvalue weighted by Crippen LogP contribution is -1.82. The molecule has 9 heavy (non-hydrogen) atoms. The van der Waals surface area contributed by atoms with Gasteiger partial charge < -0.3 is 0 Å². The van der Waals surface area contributed by atoms with Crippen LogP contribution >= 0.6 is 0 Å². The van der Waals surface area contributed by atoms with E-state index in [2.05, 4.69) is 10.2 Å². The van der Waals surface area contributed by atoms with Crippen LogP contribution in [0.25, 0.3) is 0 Å². The molecule has 0 atom stereocenters. The number of hydrogen-bond acceptors (Lipinski definition) is 2. The molecule has 1 fully saturated rings.